The Morgan fingerprint density at radius 2 is 1.83 bits per heavy atom. The number of ketones is 2. The first-order chi connectivity index (χ1) is 20.2. The van der Waals surface area contributed by atoms with Crippen molar-refractivity contribution in [2.24, 2.45) is 0 Å². The van der Waals surface area contributed by atoms with E-state index in [-0.39, 0.29) is 27.8 Å². The third-order valence-electron chi connectivity index (χ3n) is 6.91. The van der Waals surface area contributed by atoms with Crippen LogP contribution in [0.25, 0.3) is 5.76 Å². The van der Waals surface area contributed by atoms with Crippen molar-refractivity contribution in [3.63, 3.8) is 0 Å². The minimum absolute atomic E-state index is 0.129. The Hall–Kier alpha value is -4.38. The molecular formula is C31H32N2O8S. The van der Waals surface area contributed by atoms with Gasteiger partial charge in [0.15, 0.2) is 33.9 Å². The largest absolute Gasteiger partial charge is 0.507 e. The number of aliphatic hydroxyl groups is 1. The topological polar surface area (TPSA) is 124 Å². The predicted molar refractivity (Wildman–Crippen MR) is 157 cm³/mol. The second-order valence-electron chi connectivity index (χ2n) is 9.84. The number of nitrogens with zero attached hydrogens (tertiary/aromatic N) is 2. The van der Waals surface area contributed by atoms with Crippen LogP contribution in [0.2, 0.25) is 0 Å². The number of thiazole rings is 1. The number of hydrogen-bond donors (Lipinski definition) is 1. The van der Waals surface area contributed by atoms with Crippen molar-refractivity contribution < 1.29 is 38.4 Å². The maximum atomic E-state index is 13.6. The average Bonchev–Trinajstić information content (AvgIpc) is 3.49. The van der Waals surface area contributed by atoms with Crippen LogP contribution in [0.1, 0.15) is 66.1 Å². The Balaban J connectivity index is 1.68. The number of benzene rings is 2. The lowest BCUT2D eigenvalue weighted by Crippen LogP contribution is -2.29. The summed E-state index contributed by atoms with van der Waals surface area (Å²) in [5.74, 6) is -0.422. The number of carbonyl (C=O) groups excluding carboxylic acids is 3. The Bertz CT molecular complexity index is 1580. The van der Waals surface area contributed by atoms with Crippen LogP contribution >= 0.6 is 11.3 Å². The van der Waals surface area contributed by atoms with Crippen LogP contribution in [0.15, 0.2) is 42.0 Å². The number of hydrogen-bond acceptors (Lipinski definition) is 10. The normalized spacial score (nSPS) is 17.4. The summed E-state index contributed by atoms with van der Waals surface area (Å²) in [6, 6.07) is 8.93. The van der Waals surface area contributed by atoms with Gasteiger partial charge < -0.3 is 24.1 Å². The molecule has 1 amide bonds. The number of unbranched alkanes of at least 4 members (excludes halogenated alkanes) is 1. The summed E-state index contributed by atoms with van der Waals surface area (Å²) in [6.07, 6.45) is 1.83. The number of aryl methyl sites for hydroxylation is 1. The van der Waals surface area contributed by atoms with E-state index < -0.39 is 17.7 Å². The van der Waals surface area contributed by atoms with Crippen molar-refractivity contribution in [1.29, 1.82) is 0 Å². The Morgan fingerprint density at radius 1 is 1.07 bits per heavy atom. The summed E-state index contributed by atoms with van der Waals surface area (Å²) >= 11 is 1.02. The van der Waals surface area contributed by atoms with E-state index in [4.69, 9.17) is 18.9 Å². The highest BCUT2D eigenvalue weighted by molar-refractivity contribution is 7.18. The molecule has 0 aliphatic carbocycles. The van der Waals surface area contributed by atoms with Gasteiger partial charge in [-0.1, -0.05) is 30.7 Å². The molecule has 1 saturated heterocycles. The summed E-state index contributed by atoms with van der Waals surface area (Å²) in [6.45, 7) is 8.62. The second kappa shape index (κ2) is 12.2. The highest BCUT2D eigenvalue weighted by Gasteiger charge is 2.48. The van der Waals surface area contributed by atoms with Gasteiger partial charge in [0.1, 0.15) is 19.0 Å². The van der Waals surface area contributed by atoms with E-state index in [2.05, 4.69) is 11.9 Å². The monoisotopic (exact) mass is 592 g/mol. The number of anilines is 1. The number of carbonyl (C=O) groups is 3. The van der Waals surface area contributed by atoms with Crippen molar-refractivity contribution in [2.75, 3.05) is 31.3 Å². The summed E-state index contributed by atoms with van der Waals surface area (Å²) in [4.78, 5) is 45.6. The molecule has 2 aliphatic rings. The smallest absolute Gasteiger partial charge is 0.301 e. The molecule has 1 aromatic heterocycles. The van der Waals surface area contributed by atoms with Gasteiger partial charge in [0.05, 0.1) is 35.4 Å². The molecule has 11 heteroatoms. The number of aliphatic hydroxyl groups excluding tert-OH is 1. The van der Waals surface area contributed by atoms with Crippen molar-refractivity contribution in [3.8, 4) is 23.0 Å². The molecule has 220 valence electrons. The highest BCUT2D eigenvalue weighted by Crippen LogP contribution is 2.46. The fraction of sp³-hybridized carbons (Fsp3) is 0.355. The van der Waals surface area contributed by atoms with Crippen LogP contribution < -0.4 is 23.8 Å². The fourth-order valence-corrected chi connectivity index (χ4v) is 5.90. The maximum absolute atomic E-state index is 13.6. The predicted octanol–water partition coefficient (Wildman–Crippen LogP) is 5.63. The summed E-state index contributed by atoms with van der Waals surface area (Å²) in [5.41, 5.74) is 1.10. The molecule has 1 fully saturated rings. The molecule has 0 spiro atoms. The molecule has 3 heterocycles. The van der Waals surface area contributed by atoms with Gasteiger partial charge >= 0.3 is 5.91 Å². The Kier molecular flexibility index (Phi) is 8.49. The molecule has 0 radical (unpaired) electrons. The van der Waals surface area contributed by atoms with Crippen LogP contribution in [0.4, 0.5) is 5.13 Å². The lowest BCUT2D eigenvalue weighted by molar-refractivity contribution is -0.132. The van der Waals surface area contributed by atoms with E-state index in [0.717, 1.165) is 24.2 Å². The van der Waals surface area contributed by atoms with Crippen molar-refractivity contribution in [1.82, 2.24) is 4.98 Å². The number of rotatable bonds is 10. The summed E-state index contributed by atoms with van der Waals surface area (Å²) in [5, 5.41) is 11.8. The van der Waals surface area contributed by atoms with Crippen molar-refractivity contribution in [3.05, 3.63) is 63.7 Å². The molecule has 2 aliphatic heterocycles. The lowest BCUT2D eigenvalue weighted by Gasteiger charge is -2.24. The zero-order valence-corrected chi connectivity index (χ0v) is 24.7. The fourth-order valence-electron chi connectivity index (χ4n) is 4.91. The number of fused-ring (bicyclic) bond motifs is 1. The van der Waals surface area contributed by atoms with Gasteiger partial charge in [-0.25, -0.2) is 4.98 Å². The zero-order chi connectivity index (χ0) is 30.0. The Morgan fingerprint density at radius 3 is 2.52 bits per heavy atom. The Labute approximate surface area is 247 Å². The van der Waals surface area contributed by atoms with Gasteiger partial charge in [-0.2, -0.15) is 0 Å². The van der Waals surface area contributed by atoms with E-state index >= 15 is 0 Å². The molecule has 42 heavy (non-hydrogen) atoms. The third kappa shape index (κ3) is 5.44. The van der Waals surface area contributed by atoms with Crippen molar-refractivity contribution >= 4 is 39.7 Å². The first-order valence-electron chi connectivity index (χ1n) is 13.8. The zero-order valence-electron chi connectivity index (χ0n) is 23.9. The lowest BCUT2D eigenvalue weighted by atomic mass is 9.95. The van der Waals surface area contributed by atoms with Gasteiger partial charge in [0, 0.05) is 12.5 Å². The highest BCUT2D eigenvalue weighted by atomic mass is 32.1. The standard InChI is InChI=1S/C31H32N2O8S/c1-5-7-12-39-21-10-8-19(15-23(21)38-6-2)26-25(27(35)20-9-11-22-24(16-20)41-14-13-40-22)28(36)30(37)33(26)31-32-17(3)29(42-31)18(4)34/h8-11,15-16,26,35H,5-7,12-14H2,1-4H3/t26-/m0/s1. The number of amides is 1. The number of ether oxygens (including phenoxy) is 4. The third-order valence-corrected chi connectivity index (χ3v) is 8.17. The van der Waals surface area contributed by atoms with E-state index in [1.165, 1.54) is 11.8 Å². The SMILES string of the molecule is CCCCOc1ccc([C@H]2C(=C(O)c3ccc4c(c3)OCCO4)C(=O)C(=O)N2c2nc(C)c(C(C)=O)s2)cc1OCC. The van der Waals surface area contributed by atoms with E-state index in [1.807, 2.05) is 6.92 Å². The summed E-state index contributed by atoms with van der Waals surface area (Å²) in [7, 11) is 0. The van der Waals surface area contributed by atoms with Gasteiger partial charge in [0.25, 0.3) is 5.78 Å². The molecule has 5 rings (SSSR count). The van der Waals surface area contributed by atoms with Crippen LogP contribution in [-0.2, 0) is 9.59 Å². The van der Waals surface area contributed by atoms with E-state index in [1.54, 1.807) is 43.3 Å². The number of Topliss-reactive ketones (excluding diaryl/α,β-unsaturated/α-hetero) is 2. The molecule has 1 atom stereocenters. The molecule has 0 unspecified atom stereocenters. The van der Waals surface area contributed by atoms with Crippen molar-refractivity contribution in [2.45, 2.75) is 46.6 Å². The molecular weight excluding hydrogens is 560 g/mol. The molecule has 0 saturated carbocycles. The van der Waals surface area contributed by atoms with Crippen LogP contribution in [0.5, 0.6) is 23.0 Å². The van der Waals surface area contributed by atoms with Gasteiger partial charge in [-0.05, 0) is 56.2 Å². The molecule has 3 aromatic rings. The first-order valence-corrected chi connectivity index (χ1v) is 14.7. The molecule has 0 bridgehead atoms. The van der Waals surface area contributed by atoms with Crippen LogP contribution in [0.3, 0.4) is 0 Å². The van der Waals surface area contributed by atoms with E-state index in [0.29, 0.717) is 65.6 Å². The second-order valence-corrected chi connectivity index (χ2v) is 10.8. The van der Waals surface area contributed by atoms with Crippen LogP contribution in [0, 0.1) is 6.92 Å². The van der Waals surface area contributed by atoms with Gasteiger partial charge in [-0.3, -0.25) is 19.3 Å². The van der Waals surface area contributed by atoms with Crippen LogP contribution in [-0.4, -0.2) is 54.0 Å². The van der Waals surface area contributed by atoms with Gasteiger partial charge in [0.2, 0.25) is 0 Å². The molecule has 1 N–H and O–H groups in total. The minimum Gasteiger partial charge on any atom is -0.507 e. The van der Waals surface area contributed by atoms with E-state index in [9.17, 15) is 19.5 Å². The molecule has 2 aromatic carbocycles. The van der Waals surface area contributed by atoms with Gasteiger partial charge in [-0.15, -0.1) is 0 Å². The number of aromatic nitrogens is 1. The quantitative estimate of drug-likeness (QED) is 0.105. The maximum Gasteiger partial charge on any atom is 0.301 e. The summed E-state index contributed by atoms with van der Waals surface area (Å²) < 4.78 is 23.1. The minimum atomic E-state index is -1.06. The average molecular weight is 593 g/mol. The molecule has 10 nitrogen and oxygen atoms in total. The first kappa shape index (κ1) is 29.1.